The van der Waals surface area contributed by atoms with Gasteiger partial charge in [0.2, 0.25) is 11.7 Å². The maximum Gasteiger partial charge on any atom is 0.231 e. The molecule has 0 unspecified atom stereocenters. The number of benzene rings is 3. The Balaban J connectivity index is 1.75. The lowest BCUT2D eigenvalue weighted by Crippen LogP contribution is -2.13. The summed E-state index contributed by atoms with van der Waals surface area (Å²) in [7, 11) is 0. The van der Waals surface area contributed by atoms with Gasteiger partial charge in [0.05, 0.1) is 17.1 Å². The highest BCUT2D eigenvalue weighted by Gasteiger charge is 2.22. The highest BCUT2D eigenvalue weighted by Crippen LogP contribution is 2.34. The van der Waals surface area contributed by atoms with E-state index >= 15 is 0 Å². The van der Waals surface area contributed by atoms with Crippen LogP contribution in [0.3, 0.4) is 0 Å². The van der Waals surface area contributed by atoms with Gasteiger partial charge in [0.15, 0.2) is 5.76 Å². The Morgan fingerprint density at radius 2 is 1.70 bits per heavy atom. The Hall–Kier alpha value is -3.28. The van der Waals surface area contributed by atoms with E-state index in [0.717, 1.165) is 16.7 Å². The molecule has 0 saturated carbocycles. The number of hydrogen-bond acceptors (Lipinski definition) is 4. The highest BCUT2D eigenvalue weighted by atomic mass is 35.5. The predicted molar refractivity (Wildman–Crippen MR) is 119 cm³/mol. The first-order chi connectivity index (χ1) is 14.3. The molecule has 4 N–H and O–H groups in total. The monoisotopic (exact) mass is 438 g/mol. The number of primary amides is 1. The fourth-order valence-corrected chi connectivity index (χ4v) is 3.82. The molecule has 30 heavy (non-hydrogen) atoms. The maximum atomic E-state index is 12.9. The van der Waals surface area contributed by atoms with E-state index in [4.69, 9.17) is 39.1 Å². The molecule has 0 aliphatic carbocycles. The number of rotatable bonds is 5. The average molecular weight is 439 g/mol. The fourth-order valence-electron chi connectivity index (χ4n) is 3.32. The van der Waals surface area contributed by atoms with E-state index in [-0.39, 0.29) is 28.5 Å². The summed E-state index contributed by atoms with van der Waals surface area (Å²) in [5.41, 5.74) is 15.0. The van der Waals surface area contributed by atoms with Gasteiger partial charge in [-0.1, -0.05) is 53.5 Å². The smallest absolute Gasteiger partial charge is 0.231 e. The van der Waals surface area contributed by atoms with Gasteiger partial charge < -0.3 is 15.9 Å². The van der Waals surface area contributed by atoms with Crippen LogP contribution in [0.15, 0.2) is 65.1 Å². The van der Waals surface area contributed by atoms with E-state index < -0.39 is 11.7 Å². The van der Waals surface area contributed by atoms with Gasteiger partial charge in [-0.2, -0.15) is 0 Å². The minimum Gasteiger partial charge on any atom is -0.450 e. The summed E-state index contributed by atoms with van der Waals surface area (Å²) in [5, 5.41) is 1.28. The normalized spacial score (nSPS) is 11.0. The number of nitrogens with two attached hydrogens (primary N) is 2. The quantitative estimate of drug-likeness (QED) is 0.415. The lowest BCUT2D eigenvalue weighted by molar-refractivity contribution is -0.117. The number of furan rings is 1. The average Bonchev–Trinajstić information content (AvgIpc) is 3.03. The minimum absolute atomic E-state index is 0.0221. The number of ketones is 1. The number of fused-ring (bicyclic) bond motifs is 1. The second kappa shape index (κ2) is 7.86. The summed E-state index contributed by atoms with van der Waals surface area (Å²) in [5.74, 6) is -0.797. The van der Waals surface area contributed by atoms with Crippen molar-refractivity contribution < 1.29 is 14.0 Å². The number of amides is 1. The summed E-state index contributed by atoms with van der Waals surface area (Å²) in [6, 6.07) is 17.6. The molecule has 0 saturated heterocycles. The number of nitrogen functional groups attached to an aromatic ring is 1. The third-order valence-corrected chi connectivity index (χ3v) is 5.30. The Morgan fingerprint density at radius 1 is 0.933 bits per heavy atom. The van der Waals surface area contributed by atoms with Gasteiger partial charge in [0, 0.05) is 16.0 Å². The van der Waals surface area contributed by atoms with Crippen molar-refractivity contribution in [2.45, 2.75) is 6.42 Å². The topological polar surface area (TPSA) is 99.3 Å². The molecule has 4 aromatic rings. The van der Waals surface area contributed by atoms with Crippen LogP contribution in [0.1, 0.15) is 21.7 Å². The van der Waals surface area contributed by atoms with Gasteiger partial charge in [-0.15, -0.1) is 0 Å². The first-order valence-electron chi connectivity index (χ1n) is 9.03. The zero-order valence-corrected chi connectivity index (χ0v) is 17.1. The number of hydrogen-bond donors (Lipinski definition) is 2. The maximum absolute atomic E-state index is 12.9. The van der Waals surface area contributed by atoms with Gasteiger partial charge >= 0.3 is 0 Å². The van der Waals surface area contributed by atoms with Crippen molar-refractivity contribution in [3.63, 3.8) is 0 Å². The molecule has 0 fully saturated rings. The minimum atomic E-state index is -0.421. The molecule has 1 heterocycles. The Bertz CT molecular complexity index is 1310. The van der Waals surface area contributed by atoms with Crippen LogP contribution in [0.2, 0.25) is 10.0 Å². The van der Waals surface area contributed by atoms with Crippen LogP contribution in [0.4, 0.5) is 5.69 Å². The zero-order chi connectivity index (χ0) is 21.4. The van der Waals surface area contributed by atoms with Crippen LogP contribution < -0.4 is 11.5 Å². The van der Waals surface area contributed by atoms with Crippen LogP contribution in [0.5, 0.6) is 0 Å². The molecule has 0 bridgehead atoms. The first kappa shape index (κ1) is 20.0. The standard InChI is InChI=1S/C23H16Cl2N2O3/c24-15-5-7-16(18(25)11-15)22(29)23-21(27)17-6-4-14(10-19(17)30-23)13-3-1-2-12(8-13)9-20(26)28/h1-8,10-11H,9,27H2,(H2,26,28). The molecule has 1 aromatic heterocycles. The molecular formula is C23H16Cl2N2O3. The van der Waals surface area contributed by atoms with Crippen molar-refractivity contribution >= 4 is 51.5 Å². The summed E-state index contributed by atoms with van der Waals surface area (Å²) in [6.07, 6.45) is 0.157. The number of carbonyl (C=O) groups excluding carboxylic acids is 2. The summed E-state index contributed by atoms with van der Waals surface area (Å²) >= 11 is 12.1. The van der Waals surface area contributed by atoms with Crippen LogP contribution in [0.25, 0.3) is 22.1 Å². The van der Waals surface area contributed by atoms with Crippen LogP contribution in [-0.2, 0) is 11.2 Å². The molecule has 0 radical (unpaired) electrons. The highest BCUT2D eigenvalue weighted by molar-refractivity contribution is 6.37. The van der Waals surface area contributed by atoms with Gasteiger partial charge in [0.1, 0.15) is 5.58 Å². The molecule has 0 atom stereocenters. The fraction of sp³-hybridized carbons (Fsp3) is 0.0435. The number of anilines is 1. The molecular weight excluding hydrogens is 423 g/mol. The van der Waals surface area contributed by atoms with Crippen molar-refractivity contribution in [2.24, 2.45) is 5.73 Å². The van der Waals surface area contributed by atoms with Crippen molar-refractivity contribution in [2.75, 3.05) is 5.73 Å². The van der Waals surface area contributed by atoms with Gasteiger partial charge in [-0.3, -0.25) is 9.59 Å². The van der Waals surface area contributed by atoms with Crippen molar-refractivity contribution in [3.05, 3.63) is 87.6 Å². The van der Waals surface area contributed by atoms with E-state index in [1.807, 2.05) is 30.3 Å². The van der Waals surface area contributed by atoms with Crippen molar-refractivity contribution in [3.8, 4) is 11.1 Å². The van der Waals surface area contributed by atoms with Crippen LogP contribution in [-0.4, -0.2) is 11.7 Å². The third-order valence-electron chi connectivity index (χ3n) is 4.75. The molecule has 0 spiro atoms. The molecule has 0 aliphatic heterocycles. The van der Waals surface area contributed by atoms with Crippen LogP contribution in [0, 0.1) is 0 Å². The van der Waals surface area contributed by atoms with Gasteiger partial charge in [-0.05, 0) is 47.0 Å². The molecule has 1 amide bonds. The third kappa shape index (κ3) is 3.77. The van der Waals surface area contributed by atoms with E-state index in [2.05, 4.69) is 0 Å². The number of halogens is 2. The van der Waals surface area contributed by atoms with Gasteiger partial charge in [0.25, 0.3) is 0 Å². The van der Waals surface area contributed by atoms with E-state index in [1.54, 1.807) is 18.2 Å². The molecule has 7 heteroatoms. The summed E-state index contributed by atoms with van der Waals surface area (Å²) in [4.78, 5) is 24.1. The van der Waals surface area contributed by atoms with Crippen molar-refractivity contribution in [1.29, 1.82) is 0 Å². The molecule has 4 rings (SSSR count). The van der Waals surface area contributed by atoms with Crippen molar-refractivity contribution in [1.82, 2.24) is 0 Å². The number of carbonyl (C=O) groups is 2. The Kier molecular flexibility index (Phi) is 5.24. The van der Waals surface area contributed by atoms with E-state index in [9.17, 15) is 9.59 Å². The SMILES string of the molecule is NC(=O)Cc1cccc(-c2ccc3c(N)c(C(=O)c4ccc(Cl)cc4Cl)oc3c2)c1. The second-order valence-electron chi connectivity index (χ2n) is 6.85. The lowest BCUT2D eigenvalue weighted by Gasteiger charge is -2.04. The first-order valence-corrected chi connectivity index (χ1v) is 9.78. The Labute approximate surface area is 182 Å². The molecule has 5 nitrogen and oxygen atoms in total. The largest absolute Gasteiger partial charge is 0.450 e. The molecule has 3 aromatic carbocycles. The zero-order valence-electron chi connectivity index (χ0n) is 15.6. The molecule has 0 aliphatic rings. The van der Waals surface area contributed by atoms with Gasteiger partial charge in [-0.25, -0.2) is 0 Å². The van der Waals surface area contributed by atoms with E-state index in [1.165, 1.54) is 12.1 Å². The molecule has 150 valence electrons. The summed E-state index contributed by atoms with van der Waals surface area (Å²) in [6.45, 7) is 0. The lowest BCUT2D eigenvalue weighted by atomic mass is 10.0. The Morgan fingerprint density at radius 3 is 2.43 bits per heavy atom. The van der Waals surface area contributed by atoms with E-state index in [0.29, 0.717) is 16.0 Å². The summed E-state index contributed by atoms with van der Waals surface area (Å²) < 4.78 is 5.82. The second-order valence-corrected chi connectivity index (χ2v) is 7.70. The van der Waals surface area contributed by atoms with Crippen LogP contribution >= 0.6 is 23.2 Å². The predicted octanol–water partition coefficient (Wildman–Crippen LogP) is 5.25.